The first kappa shape index (κ1) is 56.6. The summed E-state index contributed by atoms with van der Waals surface area (Å²) < 4.78 is 5.91. The van der Waals surface area contributed by atoms with Crippen LogP contribution in [0.25, 0.3) is 0 Å². The lowest BCUT2D eigenvalue weighted by molar-refractivity contribution is -0.151. The highest BCUT2D eigenvalue weighted by Gasteiger charge is 2.24. The van der Waals surface area contributed by atoms with Crippen LogP contribution < -0.4 is 5.32 Å². The van der Waals surface area contributed by atoms with E-state index in [1.165, 1.54) is 89.9 Å². The number of carbonyl (C=O) groups excluding carboxylic acids is 2. The van der Waals surface area contributed by atoms with Crippen molar-refractivity contribution >= 4 is 11.9 Å². The van der Waals surface area contributed by atoms with Gasteiger partial charge in [-0.15, -0.1) is 0 Å². The van der Waals surface area contributed by atoms with E-state index >= 15 is 0 Å². The van der Waals surface area contributed by atoms with Gasteiger partial charge in [0, 0.05) is 6.42 Å². The van der Waals surface area contributed by atoms with Crippen LogP contribution in [-0.4, -0.2) is 46.9 Å². The standard InChI is InChI=1S/C53H95NO5/c1-4-7-10-13-16-19-21-23-24-25-26-27-29-31-34-37-40-43-46-53(58)59-49(44-41-38-35-33-30-28-22-20-17-14-11-8-5-2)47-52(57)54-50(48-55)51(56)45-42-39-36-32-18-15-12-9-6-3/h8,11,14,17,20,22,24-27,49-51,55-56H,4-7,9-10,12-13,15-16,18-19,21,23,28-48H2,1-3H3,(H,54,57)/b11-8+,17-14+,22-20+,25-24+,27-26+. The molecular weight excluding hydrogens is 731 g/mol. The fourth-order valence-electron chi connectivity index (χ4n) is 7.36. The van der Waals surface area contributed by atoms with Gasteiger partial charge in [0.2, 0.25) is 5.91 Å². The molecule has 0 spiro atoms. The van der Waals surface area contributed by atoms with E-state index < -0.39 is 18.2 Å². The molecule has 6 nitrogen and oxygen atoms in total. The van der Waals surface area contributed by atoms with E-state index in [4.69, 9.17) is 4.74 Å². The summed E-state index contributed by atoms with van der Waals surface area (Å²) in [4.78, 5) is 26.1. The highest BCUT2D eigenvalue weighted by atomic mass is 16.5. The molecule has 0 saturated carbocycles. The van der Waals surface area contributed by atoms with Crippen molar-refractivity contribution in [2.75, 3.05) is 6.61 Å². The van der Waals surface area contributed by atoms with Gasteiger partial charge in [-0.25, -0.2) is 0 Å². The van der Waals surface area contributed by atoms with Crippen LogP contribution in [-0.2, 0) is 14.3 Å². The van der Waals surface area contributed by atoms with E-state index in [-0.39, 0.29) is 24.9 Å². The number of aliphatic hydroxyl groups excluding tert-OH is 2. The average molecular weight is 826 g/mol. The Bertz CT molecular complexity index is 1060. The second-order valence-electron chi connectivity index (χ2n) is 16.9. The van der Waals surface area contributed by atoms with Gasteiger partial charge in [0.25, 0.3) is 0 Å². The predicted octanol–water partition coefficient (Wildman–Crippen LogP) is 14.8. The van der Waals surface area contributed by atoms with Gasteiger partial charge in [0.15, 0.2) is 0 Å². The smallest absolute Gasteiger partial charge is 0.306 e. The molecule has 3 N–H and O–H groups in total. The number of hydrogen-bond acceptors (Lipinski definition) is 5. The number of unbranched alkanes of at least 4 members (excludes halogenated alkanes) is 25. The number of aliphatic hydroxyl groups is 2. The first-order chi connectivity index (χ1) is 29.0. The van der Waals surface area contributed by atoms with Crippen molar-refractivity contribution in [2.45, 2.75) is 257 Å². The summed E-state index contributed by atoms with van der Waals surface area (Å²) in [5.41, 5.74) is 0. The van der Waals surface area contributed by atoms with Crippen molar-refractivity contribution in [2.24, 2.45) is 0 Å². The Labute approximate surface area is 365 Å². The van der Waals surface area contributed by atoms with E-state index in [1.807, 2.05) is 0 Å². The largest absolute Gasteiger partial charge is 0.462 e. The predicted molar refractivity (Wildman–Crippen MR) is 255 cm³/mol. The lowest BCUT2D eigenvalue weighted by Gasteiger charge is -2.24. The maximum Gasteiger partial charge on any atom is 0.306 e. The van der Waals surface area contributed by atoms with Crippen LogP contribution in [0.3, 0.4) is 0 Å². The highest BCUT2D eigenvalue weighted by Crippen LogP contribution is 2.17. The number of rotatable bonds is 44. The second kappa shape index (κ2) is 46.6. The normalized spacial score (nSPS) is 13.8. The Morgan fingerprint density at radius 1 is 0.508 bits per heavy atom. The van der Waals surface area contributed by atoms with Crippen molar-refractivity contribution in [3.63, 3.8) is 0 Å². The van der Waals surface area contributed by atoms with Crippen LogP contribution in [0.1, 0.15) is 239 Å². The van der Waals surface area contributed by atoms with Crippen molar-refractivity contribution in [3.05, 3.63) is 60.8 Å². The van der Waals surface area contributed by atoms with E-state index in [1.54, 1.807) is 0 Å². The molecule has 0 heterocycles. The molecule has 0 fully saturated rings. The van der Waals surface area contributed by atoms with Gasteiger partial charge in [0.1, 0.15) is 6.10 Å². The fraction of sp³-hybridized carbons (Fsp3) is 0.774. The fourth-order valence-corrected chi connectivity index (χ4v) is 7.36. The third-order valence-corrected chi connectivity index (χ3v) is 11.2. The number of allylic oxidation sites excluding steroid dienone is 10. The summed E-state index contributed by atoms with van der Waals surface area (Å²) in [5, 5.41) is 23.6. The van der Waals surface area contributed by atoms with Crippen LogP contribution in [0.4, 0.5) is 0 Å². The lowest BCUT2D eigenvalue weighted by Crippen LogP contribution is -2.46. The van der Waals surface area contributed by atoms with E-state index in [0.29, 0.717) is 19.3 Å². The van der Waals surface area contributed by atoms with Crippen molar-refractivity contribution in [3.8, 4) is 0 Å². The Morgan fingerprint density at radius 2 is 0.915 bits per heavy atom. The molecule has 59 heavy (non-hydrogen) atoms. The third kappa shape index (κ3) is 42.1. The quantitative estimate of drug-likeness (QED) is 0.0323. The minimum atomic E-state index is -0.796. The highest BCUT2D eigenvalue weighted by molar-refractivity contribution is 5.77. The van der Waals surface area contributed by atoms with Crippen LogP contribution in [0.5, 0.6) is 0 Å². The first-order valence-corrected chi connectivity index (χ1v) is 25.1. The number of carbonyl (C=O) groups is 2. The second-order valence-corrected chi connectivity index (χ2v) is 16.9. The number of amides is 1. The van der Waals surface area contributed by atoms with E-state index in [2.05, 4.69) is 86.8 Å². The molecule has 0 aliphatic heterocycles. The maximum absolute atomic E-state index is 13.2. The number of nitrogens with one attached hydrogen (secondary N) is 1. The van der Waals surface area contributed by atoms with Crippen LogP contribution in [0.2, 0.25) is 0 Å². The topological polar surface area (TPSA) is 95.9 Å². The molecule has 3 unspecified atom stereocenters. The molecule has 0 bridgehead atoms. The molecule has 0 aliphatic rings. The van der Waals surface area contributed by atoms with Gasteiger partial charge in [-0.2, -0.15) is 0 Å². The summed E-state index contributed by atoms with van der Waals surface area (Å²) in [6.45, 7) is 6.32. The number of hydrogen-bond donors (Lipinski definition) is 3. The maximum atomic E-state index is 13.2. The van der Waals surface area contributed by atoms with Crippen molar-refractivity contribution in [1.29, 1.82) is 0 Å². The molecule has 0 saturated heterocycles. The summed E-state index contributed by atoms with van der Waals surface area (Å²) in [7, 11) is 0. The summed E-state index contributed by atoms with van der Waals surface area (Å²) >= 11 is 0. The summed E-state index contributed by atoms with van der Waals surface area (Å²) in [6.07, 6.45) is 57.1. The summed E-state index contributed by atoms with van der Waals surface area (Å²) in [6, 6.07) is -0.711. The molecule has 0 rings (SSSR count). The molecule has 0 aromatic heterocycles. The zero-order valence-electron chi connectivity index (χ0n) is 38.9. The molecule has 1 amide bonds. The molecule has 0 radical (unpaired) electrons. The van der Waals surface area contributed by atoms with Gasteiger partial charge in [-0.05, 0) is 70.6 Å². The Kier molecular flexibility index (Phi) is 44.7. The van der Waals surface area contributed by atoms with E-state index in [9.17, 15) is 19.8 Å². The van der Waals surface area contributed by atoms with Gasteiger partial charge in [-0.1, -0.05) is 216 Å². The molecule has 0 aromatic carbocycles. The molecule has 0 aliphatic carbocycles. The summed E-state index contributed by atoms with van der Waals surface area (Å²) in [5.74, 6) is -0.513. The Balaban J connectivity index is 4.60. The zero-order valence-corrected chi connectivity index (χ0v) is 38.9. The lowest BCUT2D eigenvalue weighted by atomic mass is 10.0. The van der Waals surface area contributed by atoms with E-state index in [0.717, 1.165) is 103 Å². The van der Waals surface area contributed by atoms with Gasteiger partial charge in [-0.3, -0.25) is 9.59 Å². The molecule has 0 aromatic rings. The van der Waals surface area contributed by atoms with Crippen molar-refractivity contribution < 1.29 is 24.5 Å². The first-order valence-electron chi connectivity index (χ1n) is 25.1. The van der Waals surface area contributed by atoms with Crippen LogP contribution in [0.15, 0.2) is 60.8 Å². The zero-order chi connectivity index (χ0) is 43.1. The van der Waals surface area contributed by atoms with Gasteiger partial charge >= 0.3 is 5.97 Å². The van der Waals surface area contributed by atoms with Crippen LogP contribution in [0, 0.1) is 0 Å². The monoisotopic (exact) mass is 826 g/mol. The number of esters is 1. The Morgan fingerprint density at radius 3 is 1.39 bits per heavy atom. The molecule has 342 valence electrons. The average Bonchev–Trinajstić information content (AvgIpc) is 3.23. The van der Waals surface area contributed by atoms with Gasteiger partial charge < -0.3 is 20.3 Å². The van der Waals surface area contributed by atoms with Crippen molar-refractivity contribution in [1.82, 2.24) is 5.32 Å². The molecular formula is C53H95NO5. The molecule has 6 heteroatoms. The number of ether oxygens (including phenoxy) is 1. The van der Waals surface area contributed by atoms with Crippen LogP contribution >= 0.6 is 0 Å². The third-order valence-electron chi connectivity index (χ3n) is 11.2. The van der Waals surface area contributed by atoms with Gasteiger partial charge in [0.05, 0.1) is 25.2 Å². The molecule has 3 atom stereocenters. The Hall–Kier alpha value is -2.44. The SMILES string of the molecule is CC/C=C/C=C/C=C/CCCCCCCC(CC(=O)NC(CO)C(O)CCCCCCCCCCC)OC(=O)CCCCCCC/C=C/C=C/CCCCCCCCC. The minimum absolute atomic E-state index is 0.0561. The minimum Gasteiger partial charge on any atom is -0.462 e.